The molecule has 0 radical (unpaired) electrons. The van der Waals surface area contributed by atoms with Crippen molar-refractivity contribution in [2.45, 2.75) is 12.5 Å². The number of hydrogen-bond donors (Lipinski definition) is 0. The van der Waals surface area contributed by atoms with Gasteiger partial charge in [0.15, 0.2) is 6.10 Å². The normalized spacial score (nSPS) is 16.9. The van der Waals surface area contributed by atoms with Crippen LogP contribution in [0.3, 0.4) is 0 Å². The van der Waals surface area contributed by atoms with Crippen LogP contribution in [-0.4, -0.2) is 23.9 Å². The number of benzene rings is 1. The zero-order valence-corrected chi connectivity index (χ0v) is 10.7. The summed E-state index contributed by atoms with van der Waals surface area (Å²) in [6.45, 7) is 0.374. The van der Waals surface area contributed by atoms with Gasteiger partial charge >= 0.3 is 0 Å². The monoisotopic (exact) mass is 272 g/mol. The van der Waals surface area contributed by atoms with Crippen LogP contribution in [0.25, 0.3) is 11.1 Å². The van der Waals surface area contributed by atoms with E-state index in [1.807, 2.05) is 12.1 Å². The topological polar surface area (TPSA) is 43.7 Å². The Kier molecular flexibility index (Phi) is 3.58. The fraction of sp³-hybridized carbons (Fsp3) is 0.200. The Balaban J connectivity index is 1.83. The van der Waals surface area contributed by atoms with Crippen molar-refractivity contribution < 1.29 is 14.0 Å². The van der Waals surface area contributed by atoms with E-state index in [9.17, 15) is 4.39 Å². The molecule has 102 valence electrons. The van der Waals surface area contributed by atoms with E-state index in [4.69, 9.17) is 9.57 Å². The minimum atomic E-state index is -0.510. The lowest BCUT2D eigenvalue weighted by Crippen LogP contribution is -2.16. The molecule has 0 N–H and O–H groups in total. The Bertz CT molecular complexity index is 623. The smallest absolute Gasteiger partial charge is 0.220 e. The van der Waals surface area contributed by atoms with Crippen LogP contribution in [0.4, 0.5) is 4.39 Å². The number of ether oxygens (including phenoxy) is 1. The molecule has 2 heterocycles. The summed E-state index contributed by atoms with van der Waals surface area (Å²) in [4.78, 5) is 8.77. The van der Waals surface area contributed by atoms with Crippen LogP contribution in [-0.2, 0) is 4.84 Å². The number of para-hydroxylation sites is 1. The first kappa shape index (κ1) is 12.6. The van der Waals surface area contributed by atoms with Gasteiger partial charge in [0.25, 0.3) is 0 Å². The average molecular weight is 272 g/mol. The molecule has 4 nitrogen and oxygen atoms in total. The van der Waals surface area contributed by atoms with Gasteiger partial charge < -0.3 is 9.57 Å². The van der Waals surface area contributed by atoms with Crippen LogP contribution >= 0.6 is 0 Å². The van der Waals surface area contributed by atoms with E-state index in [0.29, 0.717) is 23.5 Å². The van der Waals surface area contributed by atoms with Crippen molar-refractivity contribution in [3.8, 4) is 16.9 Å². The summed E-state index contributed by atoms with van der Waals surface area (Å²) in [5.41, 5.74) is 1.10. The lowest BCUT2D eigenvalue weighted by atomic mass is 10.1. The van der Waals surface area contributed by atoms with E-state index in [0.717, 1.165) is 6.42 Å². The summed E-state index contributed by atoms with van der Waals surface area (Å²) in [5.74, 6) is 0.0962. The first-order valence-corrected chi connectivity index (χ1v) is 6.35. The number of hydrogen-bond acceptors (Lipinski definition) is 4. The van der Waals surface area contributed by atoms with Gasteiger partial charge in [-0.05, 0) is 18.2 Å². The van der Waals surface area contributed by atoms with Crippen LogP contribution in [0, 0.1) is 5.95 Å². The van der Waals surface area contributed by atoms with Crippen LogP contribution in [0.5, 0.6) is 5.75 Å². The van der Waals surface area contributed by atoms with Crippen molar-refractivity contribution in [1.29, 1.82) is 0 Å². The summed E-state index contributed by atoms with van der Waals surface area (Å²) in [7, 11) is 0. The van der Waals surface area contributed by atoms with Gasteiger partial charge in [0.2, 0.25) is 5.95 Å². The lowest BCUT2D eigenvalue weighted by Gasteiger charge is -2.14. The summed E-state index contributed by atoms with van der Waals surface area (Å²) >= 11 is 0. The molecule has 0 bridgehead atoms. The van der Waals surface area contributed by atoms with E-state index in [2.05, 4.69) is 10.1 Å². The molecule has 0 saturated heterocycles. The van der Waals surface area contributed by atoms with E-state index in [1.54, 1.807) is 30.5 Å². The maximum absolute atomic E-state index is 13.8. The molecule has 0 aliphatic carbocycles. The van der Waals surface area contributed by atoms with Gasteiger partial charge in [0, 0.05) is 30.0 Å². The number of aromatic nitrogens is 1. The Labute approximate surface area is 115 Å². The van der Waals surface area contributed by atoms with Crippen LogP contribution in [0.2, 0.25) is 0 Å². The Morgan fingerprint density at radius 1 is 1.20 bits per heavy atom. The number of oxime groups is 1. The van der Waals surface area contributed by atoms with Gasteiger partial charge in [-0.15, -0.1) is 0 Å². The zero-order valence-electron chi connectivity index (χ0n) is 10.7. The van der Waals surface area contributed by atoms with Crippen LogP contribution < -0.4 is 4.74 Å². The van der Waals surface area contributed by atoms with Crippen LogP contribution in [0.1, 0.15) is 6.42 Å². The second-order valence-corrected chi connectivity index (χ2v) is 4.40. The summed E-state index contributed by atoms with van der Waals surface area (Å²) in [5, 5.41) is 3.70. The van der Waals surface area contributed by atoms with E-state index in [-0.39, 0.29) is 6.10 Å². The highest BCUT2D eigenvalue weighted by Crippen LogP contribution is 2.31. The fourth-order valence-corrected chi connectivity index (χ4v) is 2.02. The van der Waals surface area contributed by atoms with Crippen molar-refractivity contribution in [1.82, 2.24) is 4.98 Å². The summed E-state index contributed by atoms with van der Waals surface area (Å²) in [6.07, 6.45) is 3.78. The number of halogens is 1. The first-order valence-electron chi connectivity index (χ1n) is 6.35. The standard InChI is InChI=1S/C15H13FN2O2/c16-15-13(5-3-8-17-15)12-4-1-2-6-14(12)19-10-11-7-9-18-20-11/h1-6,8-9,11H,7,10H2. The fourth-order valence-electron chi connectivity index (χ4n) is 2.02. The maximum Gasteiger partial charge on any atom is 0.220 e. The lowest BCUT2D eigenvalue weighted by molar-refractivity contribution is 0.0473. The van der Waals surface area contributed by atoms with E-state index >= 15 is 0 Å². The Morgan fingerprint density at radius 2 is 2.05 bits per heavy atom. The third kappa shape index (κ3) is 2.61. The molecule has 1 aromatic carbocycles. The van der Waals surface area contributed by atoms with Gasteiger partial charge in [0.05, 0.1) is 0 Å². The third-order valence-corrected chi connectivity index (χ3v) is 3.01. The largest absolute Gasteiger partial charge is 0.489 e. The third-order valence-electron chi connectivity index (χ3n) is 3.01. The molecule has 0 saturated carbocycles. The average Bonchev–Trinajstić information content (AvgIpc) is 2.99. The zero-order chi connectivity index (χ0) is 13.8. The second-order valence-electron chi connectivity index (χ2n) is 4.40. The quantitative estimate of drug-likeness (QED) is 0.803. The summed E-state index contributed by atoms with van der Waals surface area (Å²) < 4.78 is 19.5. The summed E-state index contributed by atoms with van der Waals surface area (Å²) in [6, 6.07) is 10.7. The molecule has 2 aromatic rings. The predicted molar refractivity (Wildman–Crippen MR) is 73.1 cm³/mol. The van der Waals surface area contributed by atoms with Gasteiger partial charge in [-0.3, -0.25) is 0 Å². The molecule has 20 heavy (non-hydrogen) atoms. The molecule has 0 spiro atoms. The molecular weight excluding hydrogens is 259 g/mol. The first-order chi connectivity index (χ1) is 9.84. The minimum absolute atomic E-state index is 0.0817. The SMILES string of the molecule is Fc1ncccc1-c1ccccc1OCC1CC=NO1. The van der Waals surface area contributed by atoms with E-state index in [1.165, 1.54) is 6.20 Å². The van der Waals surface area contributed by atoms with Crippen molar-refractivity contribution >= 4 is 6.21 Å². The molecule has 1 unspecified atom stereocenters. The highest BCUT2D eigenvalue weighted by atomic mass is 19.1. The second kappa shape index (κ2) is 5.69. The maximum atomic E-state index is 13.8. The van der Waals surface area contributed by atoms with Crippen molar-refractivity contribution in [2.75, 3.05) is 6.61 Å². The van der Waals surface area contributed by atoms with Gasteiger partial charge in [-0.2, -0.15) is 4.39 Å². The Hall–Kier alpha value is -2.43. The number of pyridine rings is 1. The molecule has 3 rings (SSSR count). The predicted octanol–water partition coefficient (Wildman–Crippen LogP) is 3.04. The van der Waals surface area contributed by atoms with Gasteiger partial charge in [-0.25, -0.2) is 4.98 Å². The van der Waals surface area contributed by atoms with Gasteiger partial charge in [0.1, 0.15) is 12.4 Å². The molecule has 0 fully saturated rings. The molecule has 1 aromatic heterocycles. The highest BCUT2D eigenvalue weighted by molar-refractivity contribution is 5.70. The van der Waals surface area contributed by atoms with Crippen LogP contribution in [0.15, 0.2) is 47.8 Å². The van der Waals surface area contributed by atoms with Crippen molar-refractivity contribution in [3.63, 3.8) is 0 Å². The molecular formula is C15H13FN2O2. The number of rotatable bonds is 4. The van der Waals surface area contributed by atoms with E-state index < -0.39 is 5.95 Å². The number of nitrogens with zero attached hydrogens (tertiary/aromatic N) is 2. The molecule has 5 heteroatoms. The van der Waals surface area contributed by atoms with Gasteiger partial charge in [-0.1, -0.05) is 23.4 Å². The molecule has 1 atom stereocenters. The Morgan fingerprint density at radius 3 is 2.85 bits per heavy atom. The minimum Gasteiger partial charge on any atom is -0.489 e. The van der Waals surface area contributed by atoms with Crippen molar-refractivity contribution in [2.24, 2.45) is 5.16 Å². The molecule has 1 aliphatic rings. The molecule has 0 amide bonds. The molecule has 1 aliphatic heterocycles. The highest BCUT2D eigenvalue weighted by Gasteiger charge is 2.16. The van der Waals surface area contributed by atoms with Crippen molar-refractivity contribution in [3.05, 3.63) is 48.5 Å².